The number of imidazole rings is 1. The minimum Gasteiger partial charge on any atom is -0.342 e. The van der Waals surface area contributed by atoms with Crippen LogP contribution in [0.3, 0.4) is 0 Å². The van der Waals surface area contributed by atoms with Gasteiger partial charge in [-0.3, -0.25) is 0 Å². The highest BCUT2D eigenvalue weighted by Gasteiger charge is 2.34. The third-order valence-electron chi connectivity index (χ3n) is 3.85. The molecule has 0 aromatic carbocycles. The molecule has 0 aliphatic carbocycles. The Morgan fingerprint density at radius 3 is 2.64 bits per heavy atom. The van der Waals surface area contributed by atoms with Crippen molar-refractivity contribution in [3.63, 3.8) is 0 Å². The summed E-state index contributed by atoms with van der Waals surface area (Å²) in [5, 5.41) is 0.412. The molecule has 3 heterocycles. The first-order valence-corrected chi connectivity index (χ1v) is 7.91. The van der Waals surface area contributed by atoms with Gasteiger partial charge in [-0.25, -0.2) is 9.97 Å². The minimum absolute atomic E-state index is 0.320. The van der Waals surface area contributed by atoms with E-state index in [0.29, 0.717) is 35.5 Å². The van der Waals surface area contributed by atoms with E-state index in [1.807, 2.05) is 11.9 Å². The summed E-state index contributed by atoms with van der Waals surface area (Å²) in [7, 11) is 2.00. The summed E-state index contributed by atoms with van der Waals surface area (Å²) in [5.74, 6) is 1.34. The van der Waals surface area contributed by atoms with E-state index >= 15 is 0 Å². The van der Waals surface area contributed by atoms with Crippen molar-refractivity contribution in [2.24, 2.45) is 7.05 Å². The molecule has 2 aromatic heterocycles. The van der Waals surface area contributed by atoms with Crippen LogP contribution < -0.4 is 4.90 Å². The molecule has 0 saturated carbocycles. The second kappa shape index (κ2) is 5.26. The van der Waals surface area contributed by atoms with E-state index in [4.69, 9.17) is 0 Å². The van der Waals surface area contributed by atoms with E-state index in [1.165, 1.54) is 5.69 Å². The average Bonchev–Trinajstić information content (AvgIpc) is 3.03. The molecule has 1 aliphatic rings. The number of aromatic nitrogens is 3. The summed E-state index contributed by atoms with van der Waals surface area (Å²) in [5.41, 5.74) is 2.12. The number of hydrogen-bond donors (Lipinski definition) is 0. The molecule has 0 radical (unpaired) electrons. The monoisotopic (exact) mass is 330 g/mol. The number of anilines is 1. The van der Waals surface area contributed by atoms with Crippen LogP contribution in [0, 0.1) is 0 Å². The zero-order valence-corrected chi connectivity index (χ0v) is 13.4. The zero-order valence-electron chi connectivity index (χ0n) is 12.6. The third kappa shape index (κ3) is 2.60. The van der Waals surface area contributed by atoms with Gasteiger partial charge < -0.3 is 9.47 Å². The van der Waals surface area contributed by atoms with Gasteiger partial charge >= 0.3 is 6.18 Å². The Kier molecular flexibility index (Phi) is 3.66. The van der Waals surface area contributed by atoms with Crippen molar-refractivity contribution in [2.75, 3.05) is 11.4 Å². The fourth-order valence-corrected chi connectivity index (χ4v) is 3.58. The molecular formula is C14H17F3N4S. The maximum absolute atomic E-state index is 12.7. The largest absolute Gasteiger partial charge is 0.427 e. The Labute approximate surface area is 130 Å². The van der Waals surface area contributed by atoms with Crippen LogP contribution in [0.1, 0.15) is 41.9 Å². The number of rotatable bonds is 2. The Bertz CT molecular complexity index is 687. The van der Waals surface area contributed by atoms with Gasteiger partial charge in [0.2, 0.25) is 0 Å². The highest BCUT2D eigenvalue weighted by atomic mass is 32.1. The predicted octanol–water partition coefficient (Wildman–Crippen LogP) is 3.58. The van der Waals surface area contributed by atoms with Crippen molar-refractivity contribution in [3.8, 4) is 0 Å². The highest BCUT2D eigenvalue weighted by molar-refractivity contribution is 7.15. The van der Waals surface area contributed by atoms with Crippen molar-refractivity contribution in [1.82, 2.24) is 14.5 Å². The lowest BCUT2D eigenvalue weighted by Crippen LogP contribution is -2.30. The number of halogens is 3. The molecule has 0 unspecified atom stereocenters. The molecule has 0 bridgehead atoms. The second-order valence-electron chi connectivity index (χ2n) is 5.75. The summed E-state index contributed by atoms with van der Waals surface area (Å²) < 4.78 is 40.2. The molecule has 0 fully saturated rings. The van der Waals surface area contributed by atoms with Crippen LogP contribution in [0.2, 0.25) is 0 Å². The molecule has 0 amide bonds. The standard InChI is InChI=1S/C14H17F3N4S/c1-8(2)12-19-9-7-21(5-4-10(9)20(12)3)13-18-6-11(22-13)14(15,16)17/h6,8H,4-5,7H2,1-3H3. The third-order valence-corrected chi connectivity index (χ3v) is 4.95. The SMILES string of the molecule is CC(C)c1nc2c(n1C)CCN(c1ncc(C(F)(F)F)s1)C2. The lowest BCUT2D eigenvalue weighted by Gasteiger charge is -2.26. The molecule has 4 nitrogen and oxygen atoms in total. The Morgan fingerprint density at radius 2 is 2.05 bits per heavy atom. The van der Waals surface area contributed by atoms with Gasteiger partial charge in [0.1, 0.15) is 10.7 Å². The number of alkyl halides is 3. The van der Waals surface area contributed by atoms with Crippen molar-refractivity contribution in [2.45, 2.75) is 38.9 Å². The van der Waals surface area contributed by atoms with Crippen LogP contribution in [0.4, 0.5) is 18.3 Å². The summed E-state index contributed by atoms with van der Waals surface area (Å²) in [6, 6.07) is 0. The molecule has 0 N–H and O–H groups in total. The maximum Gasteiger partial charge on any atom is 0.427 e. The van der Waals surface area contributed by atoms with E-state index in [2.05, 4.69) is 28.4 Å². The molecule has 0 atom stereocenters. The van der Waals surface area contributed by atoms with E-state index in [1.54, 1.807) is 0 Å². The fourth-order valence-electron chi connectivity index (χ4n) is 2.77. The van der Waals surface area contributed by atoms with Gasteiger partial charge in [0.15, 0.2) is 5.13 Å². The van der Waals surface area contributed by atoms with E-state index in [0.717, 1.165) is 24.1 Å². The molecule has 8 heteroatoms. The maximum atomic E-state index is 12.7. The molecule has 2 aromatic rings. The van der Waals surface area contributed by atoms with Crippen LogP contribution in [-0.4, -0.2) is 21.1 Å². The summed E-state index contributed by atoms with van der Waals surface area (Å²) >= 11 is 0.694. The Hall–Kier alpha value is -1.57. The van der Waals surface area contributed by atoms with Gasteiger partial charge in [0.25, 0.3) is 0 Å². The molecule has 1 aliphatic heterocycles. The number of thiazole rings is 1. The van der Waals surface area contributed by atoms with Gasteiger partial charge in [-0.15, -0.1) is 0 Å². The Balaban J connectivity index is 1.85. The molecule has 3 rings (SSSR count). The van der Waals surface area contributed by atoms with Crippen molar-refractivity contribution >= 4 is 16.5 Å². The Morgan fingerprint density at radius 1 is 1.32 bits per heavy atom. The van der Waals surface area contributed by atoms with Crippen molar-refractivity contribution in [1.29, 1.82) is 0 Å². The van der Waals surface area contributed by atoms with E-state index in [-0.39, 0.29) is 0 Å². The van der Waals surface area contributed by atoms with Gasteiger partial charge in [0.05, 0.1) is 18.4 Å². The minimum atomic E-state index is -4.33. The van der Waals surface area contributed by atoms with Crippen LogP contribution in [0.25, 0.3) is 0 Å². The smallest absolute Gasteiger partial charge is 0.342 e. The molecule has 0 saturated heterocycles. The first-order chi connectivity index (χ1) is 10.3. The first kappa shape index (κ1) is 15.3. The lowest BCUT2D eigenvalue weighted by atomic mass is 10.1. The van der Waals surface area contributed by atoms with Crippen LogP contribution in [-0.2, 0) is 26.2 Å². The second-order valence-corrected chi connectivity index (χ2v) is 6.76. The van der Waals surface area contributed by atoms with E-state index in [9.17, 15) is 13.2 Å². The molecule has 120 valence electrons. The van der Waals surface area contributed by atoms with Crippen LogP contribution in [0.5, 0.6) is 0 Å². The van der Waals surface area contributed by atoms with Crippen LogP contribution in [0.15, 0.2) is 6.20 Å². The van der Waals surface area contributed by atoms with Crippen LogP contribution >= 0.6 is 11.3 Å². The van der Waals surface area contributed by atoms with Gasteiger partial charge in [-0.2, -0.15) is 13.2 Å². The average molecular weight is 330 g/mol. The summed E-state index contributed by atoms with van der Waals surface area (Å²) in [6.07, 6.45) is -2.65. The van der Waals surface area contributed by atoms with Gasteiger partial charge in [-0.1, -0.05) is 25.2 Å². The predicted molar refractivity (Wildman–Crippen MR) is 79.2 cm³/mol. The highest BCUT2D eigenvalue weighted by Crippen LogP contribution is 2.37. The number of fused-ring (bicyclic) bond motifs is 1. The first-order valence-electron chi connectivity index (χ1n) is 7.09. The topological polar surface area (TPSA) is 34.0 Å². The number of hydrogen-bond acceptors (Lipinski definition) is 4. The van der Waals surface area contributed by atoms with E-state index < -0.39 is 11.1 Å². The molecule has 0 spiro atoms. The molecular weight excluding hydrogens is 313 g/mol. The van der Waals surface area contributed by atoms with Gasteiger partial charge in [-0.05, 0) is 0 Å². The summed E-state index contributed by atoms with van der Waals surface area (Å²) in [4.78, 5) is 9.81. The normalized spacial score (nSPS) is 15.5. The molecule has 22 heavy (non-hydrogen) atoms. The quantitative estimate of drug-likeness (QED) is 0.844. The summed E-state index contributed by atoms with van der Waals surface area (Å²) in [6.45, 7) is 5.35. The van der Waals surface area contributed by atoms with Crippen molar-refractivity contribution in [3.05, 3.63) is 28.3 Å². The fraction of sp³-hybridized carbons (Fsp3) is 0.571. The number of nitrogens with zero attached hydrogens (tertiary/aromatic N) is 4. The lowest BCUT2D eigenvalue weighted by molar-refractivity contribution is -0.134. The van der Waals surface area contributed by atoms with Gasteiger partial charge in [0, 0.05) is 31.6 Å². The zero-order chi connectivity index (χ0) is 16.1. The van der Waals surface area contributed by atoms with Crippen molar-refractivity contribution < 1.29 is 13.2 Å².